The molecule has 3 rings (SSSR count). The summed E-state index contributed by atoms with van der Waals surface area (Å²) in [6.07, 6.45) is 3.65. The van der Waals surface area contributed by atoms with Crippen LogP contribution in [-0.2, 0) is 7.05 Å². The molecule has 3 aromatic heterocycles. The molecule has 0 spiro atoms. The highest BCUT2D eigenvalue weighted by atomic mass is 15.3. The third-order valence-corrected chi connectivity index (χ3v) is 2.59. The van der Waals surface area contributed by atoms with Crippen molar-refractivity contribution in [3.05, 3.63) is 30.1 Å². The van der Waals surface area contributed by atoms with Crippen molar-refractivity contribution < 1.29 is 0 Å². The van der Waals surface area contributed by atoms with Gasteiger partial charge in [0.15, 0.2) is 11.5 Å². The predicted octanol–water partition coefficient (Wildman–Crippen LogP) is 1.04. The topological polar surface area (TPSA) is 74.5 Å². The van der Waals surface area contributed by atoms with E-state index in [2.05, 4.69) is 15.1 Å². The van der Waals surface area contributed by atoms with Crippen LogP contribution in [-0.4, -0.2) is 24.3 Å². The van der Waals surface area contributed by atoms with E-state index < -0.39 is 0 Å². The van der Waals surface area contributed by atoms with Gasteiger partial charge >= 0.3 is 0 Å². The number of nitrogen functional groups attached to an aromatic ring is 1. The van der Waals surface area contributed by atoms with Crippen molar-refractivity contribution in [2.24, 2.45) is 7.05 Å². The van der Waals surface area contributed by atoms with Gasteiger partial charge in [-0.15, -0.1) is 0 Å². The van der Waals surface area contributed by atoms with Crippen molar-refractivity contribution in [1.82, 2.24) is 24.3 Å². The lowest BCUT2D eigenvalue weighted by Gasteiger charge is -2.00. The van der Waals surface area contributed by atoms with Crippen LogP contribution in [0.5, 0.6) is 0 Å². The molecule has 0 saturated carbocycles. The zero-order valence-electron chi connectivity index (χ0n) is 9.62. The quantitative estimate of drug-likeness (QED) is 0.675. The van der Waals surface area contributed by atoms with Crippen LogP contribution in [0.4, 0.5) is 5.95 Å². The average Bonchev–Trinajstić information content (AvgIpc) is 2.80. The van der Waals surface area contributed by atoms with Crippen LogP contribution in [0.3, 0.4) is 0 Å². The summed E-state index contributed by atoms with van der Waals surface area (Å²) in [6.45, 7) is 1.97. The van der Waals surface area contributed by atoms with Gasteiger partial charge in [-0.1, -0.05) is 0 Å². The summed E-state index contributed by atoms with van der Waals surface area (Å²) in [5.41, 5.74) is 8.48. The van der Waals surface area contributed by atoms with Gasteiger partial charge in [0.1, 0.15) is 5.52 Å². The molecule has 6 heteroatoms. The van der Waals surface area contributed by atoms with Crippen LogP contribution in [0.25, 0.3) is 17.0 Å². The molecule has 2 N–H and O–H groups in total. The van der Waals surface area contributed by atoms with Crippen LogP contribution in [0, 0.1) is 6.92 Å². The Morgan fingerprint density at radius 3 is 2.88 bits per heavy atom. The molecule has 0 aromatic carbocycles. The van der Waals surface area contributed by atoms with Gasteiger partial charge in [-0.2, -0.15) is 5.10 Å². The van der Waals surface area contributed by atoms with Crippen molar-refractivity contribution in [1.29, 1.82) is 0 Å². The molecule has 0 radical (unpaired) electrons. The Kier molecular flexibility index (Phi) is 1.91. The van der Waals surface area contributed by atoms with Crippen LogP contribution in [0.15, 0.2) is 24.5 Å². The molecule has 0 saturated heterocycles. The van der Waals surface area contributed by atoms with E-state index in [1.165, 1.54) is 0 Å². The Labute approximate surface area is 97.7 Å². The first-order chi connectivity index (χ1) is 8.15. The SMILES string of the molecule is Cc1cnc2c(c1)nc(N)n2-c1ccn(C)n1. The third-order valence-electron chi connectivity index (χ3n) is 2.59. The Bertz CT molecular complexity index is 693. The summed E-state index contributed by atoms with van der Waals surface area (Å²) in [5.74, 6) is 1.13. The van der Waals surface area contributed by atoms with Gasteiger partial charge in [0, 0.05) is 25.5 Å². The number of rotatable bonds is 1. The van der Waals surface area contributed by atoms with Crippen molar-refractivity contribution >= 4 is 17.1 Å². The highest BCUT2D eigenvalue weighted by molar-refractivity contribution is 5.76. The molecule has 0 aliphatic heterocycles. The summed E-state index contributed by atoms with van der Waals surface area (Å²) < 4.78 is 3.46. The highest BCUT2D eigenvalue weighted by Gasteiger charge is 2.12. The number of nitrogens with zero attached hydrogens (tertiary/aromatic N) is 5. The van der Waals surface area contributed by atoms with Gasteiger partial charge in [0.25, 0.3) is 0 Å². The maximum atomic E-state index is 5.91. The summed E-state index contributed by atoms with van der Waals surface area (Å²) in [4.78, 5) is 8.65. The first-order valence-corrected chi connectivity index (χ1v) is 5.26. The number of fused-ring (bicyclic) bond motifs is 1. The number of anilines is 1. The molecular weight excluding hydrogens is 216 g/mol. The Balaban J connectivity index is 2.32. The molecule has 0 amide bonds. The number of hydrogen-bond acceptors (Lipinski definition) is 4. The van der Waals surface area contributed by atoms with Crippen molar-refractivity contribution in [3.63, 3.8) is 0 Å². The summed E-state index contributed by atoms with van der Waals surface area (Å²) in [6, 6.07) is 3.83. The number of aromatic nitrogens is 5. The molecular formula is C11H12N6. The standard InChI is InChI=1S/C11H12N6/c1-7-5-8-10(13-6-7)17(11(12)14-8)9-3-4-16(2)15-9/h3-6H,1-2H3,(H2,12,14). The van der Waals surface area contributed by atoms with E-state index >= 15 is 0 Å². The summed E-state index contributed by atoms with van der Waals surface area (Å²) >= 11 is 0. The maximum absolute atomic E-state index is 5.91. The fourth-order valence-corrected chi connectivity index (χ4v) is 1.83. The minimum absolute atomic E-state index is 0.400. The highest BCUT2D eigenvalue weighted by Crippen LogP contribution is 2.20. The van der Waals surface area contributed by atoms with E-state index in [0.29, 0.717) is 5.95 Å². The van der Waals surface area contributed by atoms with E-state index in [1.807, 2.05) is 32.3 Å². The minimum atomic E-state index is 0.400. The molecule has 3 heterocycles. The fourth-order valence-electron chi connectivity index (χ4n) is 1.83. The molecule has 0 unspecified atom stereocenters. The Morgan fingerprint density at radius 1 is 1.35 bits per heavy atom. The van der Waals surface area contributed by atoms with Crippen LogP contribution < -0.4 is 5.73 Å². The Morgan fingerprint density at radius 2 is 2.18 bits per heavy atom. The van der Waals surface area contributed by atoms with Gasteiger partial charge in [0.05, 0.1) is 0 Å². The molecule has 86 valence electrons. The molecule has 0 aliphatic carbocycles. The molecule has 0 bridgehead atoms. The van der Waals surface area contributed by atoms with Gasteiger partial charge in [0.2, 0.25) is 5.95 Å². The first-order valence-electron chi connectivity index (χ1n) is 5.26. The smallest absolute Gasteiger partial charge is 0.208 e. The van der Waals surface area contributed by atoms with Crippen molar-refractivity contribution in [2.45, 2.75) is 6.92 Å². The number of hydrogen-bond donors (Lipinski definition) is 1. The largest absolute Gasteiger partial charge is 0.369 e. The van der Waals surface area contributed by atoms with Crippen LogP contribution in [0.1, 0.15) is 5.56 Å². The molecule has 6 nitrogen and oxygen atoms in total. The maximum Gasteiger partial charge on any atom is 0.208 e. The van der Waals surface area contributed by atoms with E-state index in [1.54, 1.807) is 15.4 Å². The summed E-state index contributed by atoms with van der Waals surface area (Å²) in [7, 11) is 1.86. The second-order valence-electron chi connectivity index (χ2n) is 4.01. The van der Waals surface area contributed by atoms with Gasteiger partial charge < -0.3 is 5.73 Å². The lowest BCUT2D eigenvalue weighted by molar-refractivity contribution is 0.754. The van der Waals surface area contributed by atoms with E-state index in [9.17, 15) is 0 Å². The number of imidazole rings is 1. The number of nitrogens with two attached hydrogens (primary N) is 1. The molecule has 3 aromatic rings. The van der Waals surface area contributed by atoms with Gasteiger partial charge in [-0.05, 0) is 18.6 Å². The fraction of sp³-hybridized carbons (Fsp3) is 0.182. The van der Waals surface area contributed by atoms with Crippen LogP contribution >= 0.6 is 0 Å². The monoisotopic (exact) mass is 228 g/mol. The van der Waals surface area contributed by atoms with Crippen molar-refractivity contribution in [2.75, 3.05) is 5.73 Å². The van der Waals surface area contributed by atoms with Gasteiger partial charge in [-0.25, -0.2) is 14.5 Å². The third kappa shape index (κ3) is 1.45. The lowest BCUT2D eigenvalue weighted by Crippen LogP contribution is -2.03. The first kappa shape index (κ1) is 9.83. The minimum Gasteiger partial charge on any atom is -0.369 e. The second kappa shape index (κ2) is 3.31. The zero-order valence-corrected chi connectivity index (χ0v) is 9.62. The van der Waals surface area contributed by atoms with Gasteiger partial charge in [-0.3, -0.25) is 4.68 Å². The van der Waals surface area contributed by atoms with Crippen LogP contribution in [0.2, 0.25) is 0 Å². The van der Waals surface area contributed by atoms with E-state index in [4.69, 9.17) is 5.73 Å². The average molecular weight is 228 g/mol. The van der Waals surface area contributed by atoms with E-state index in [0.717, 1.165) is 22.5 Å². The normalized spacial score (nSPS) is 11.2. The predicted molar refractivity (Wildman–Crippen MR) is 64.8 cm³/mol. The molecule has 0 atom stereocenters. The zero-order chi connectivity index (χ0) is 12.0. The second-order valence-corrected chi connectivity index (χ2v) is 4.01. The molecule has 17 heavy (non-hydrogen) atoms. The lowest BCUT2D eigenvalue weighted by atomic mass is 10.3. The Hall–Kier alpha value is -2.37. The summed E-state index contributed by atoms with van der Waals surface area (Å²) in [5, 5.41) is 4.31. The number of aryl methyl sites for hydroxylation is 2. The molecule has 0 fully saturated rings. The molecule has 0 aliphatic rings. The number of pyridine rings is 1. The van der Waals surface area contributed by atoms with Crippen molar-refractivity contribution in [3.8, 4) is 5.82 Å². The van der Waals surface area contributed by atoms with E-state index in [-0.39, 0.29) is 0 Å².